The number of hydrogen-bond acceptors (Lipinski definition) is 3. The van der Waals surface area contributed by atoms with Crippen molar-refractivity contribution in [2.24, 2.45) is 11.7 Å². The van der Waals surface area contributed by atoms with Gasteiger partial charge in [-0.15, -0.1) is 0 Å². The minimum atomic E-state index is -0.703. The lowest BCUT2D eigenvalue weighted by Gasteiger charge is -2.25. The zero-order valence-corrected chi connectivity index (χ0v) is 20.6. The van der Waals surface area contributed by atoms with Gasteiger partial charge in [-0.1, -0.05) is 26.0 Å². The zero-order valence-electron chi connectivity index (χ0n) is 20.6. The smallest absolute Gasteiger partial charge is 0.255 e. The second-order valence-corrected chi connectivity index (χ2v) is 9.55. The molecule has 2 N–H and O–H groups in total. The third kappa shape index (κ3) is 5.26. The molecule has 0 bridgehead atoms. The van der Waals surface area contributed by atoms with Crippen LogP contribution in [-0.4, -0.2) is 35.4 Å². The molecule has 0 fully saturated rings. The molecule has 7 heteroatoms. The summed E-state index contributed by atoms with van der Waals surface area (Å²) in [5, 5.41) is 0.492. The van der Waals surface area contributed by atoms with E-state index in [0.29, 0.717) is 50.8 Å². The fourth-order valence-electron chi connectivity index (χ4n) is 4.23. The first-order valence-electron chi connectivity index (χ1n) is 11.7. The maximum Gasteiger partial charge on any atom is 0.255 e. The fraction of sp³-hybridized carbons (Fsp3) is 0.241. The summed E-state index contributed by atoms with van der Waals surface area (Å²) in [4.78, 5) is 19.9. The molecular weight excluding hydrogens is 463 g/mol. The van der Waals surface area contributed by atoms with Crippen molar-refractivity contribution < 1.29 is 18.0 Å². The number of likely N-dealkylation sites (N-methyl/N-ethyl adjacent to an activating group) is 1. The standard InChI is InChI=1S/C29H28F3N3O/c1-16(2)26(33)15-35(4)29(36)28-24-12-18(19-9-22(31)13-23(32)10-19)5-6-27(24)34-14-25(28)20-7-17(3)8-21(30)11-20/h5-14,16,26H,15,33H2,1-4H3/t26-/m1/s1. The molecule has 0 aliphatic rings. The number of aryl methyl sites for hydroxylation is 1. The molecule has 1 aromatic heterocycles. The Morgan fingerprint density at radius 3 is 2.19 bits per heavy atom. The molecule has 0 radical (unpaired) electrons. The zero-order chi connectivity index (χ0) is 26.1. The van der Waals surface area contributed by atoms with Crippen LogP contribution >= 0.6 is 0 Å². The lowest BCUT2D eigenvalue weighted by atomic mass is 9.93. The minimum absolute atomic E-state index is 0.161. The number of halogens is 3. The van der Waals surface area contributed by atoms with Crippen LogP contribution in [0.1, 0.15) is 29.8 Å². The maximum absolute atomic E-state index is 14.3. The van der Waals surface area contributed by atoms with Crippen LogP contribution in [0.4, 0.5) is 13.2 Å². The Hall–Kier alpha value is -3.71. The van der Waals surface area contributed by atoms with E-state index < -0.39 is 17.5 Å². The monoisotopic (exact) mass is 491 g/mol. The Bertz CT molecular complexity index is 1410. The Morgan fingerprint density at radius 2 is 1.56 bits per heavy atom. The van der Waals surface area contributed by atoms with Crippen LogP contribution in [0.5, 0.6) is 0 Å². The molecule has 0 saturated carbocycles. The van der Waals surface area contributed by atoms with Crippen molar-refractivity contribution in [1.82, 2.24) is 9.88 Å². The van der Waals surface area contributed by atoms with Crippen molar-refractivity contribution in [3.63, 3.8) is 0 Å². The fourth-order valence-corrected chi connectivity index (χ4v) is 4.23. The summed E-state index contributed by atoms with van der Waals surface area (Å²) in [6.07, 6.45) is 1.56. The molecule has 0 aliphatic carbocycles. The van der Waals surface area contributed by atoms with Gasteiger partial charge in [0, 0.05) is 42.8 Å². The Kier molecular flexibility index (Phi) is 7.13. The van der Waals surface area contributed by atoms with Crippen molar-refractivity contribution in [2.75, 3.05) is 13.6 Å². The van der Waals surface area contributed by atoms with Gasteiger partial charge in [0.2, 0.25) is 0 Å². The van der Waals surface area contributed by atoms with Crippen LogP contribution in [0.25, 0.3) is 33.2 Å². The van der Waals surface area contributed by atoms with Crippen molar-refractivity contribution in [1.29, 1.82) is 0 Å². The van der Waals surface area contributed by atoms with E-state index in [-0.39, 0.29) is 17.9 Å². The van der Waals surface area contributed by atoms with E-state index in [1.54, 1.807) is 49.3 Å². The van der Waals surface area contributed by atoms with E-state index in [1.165, 1.54) is 24.3 Å². The summed E-state index contributed by atoms with van der Waals surface area (Å²) < 4.78 is 42.2. The molecule has 0 unspecified atom stereocenters. The molecule has 0 spiro atoms. The van der Waals surface area contributed by atoms with Crippen LogP contribution < -0.4 is 5.73 Å². The Morgan fingerprint density at radius 1 is 0.917 bits per heavy atom. The summed E-state index contributed by atoms with van der Waals surface area (Å²) in [5.41, 5.74) is 9.60. The largest absolute Gasteiger partial charge is 0.340 e. The van der Waals surface area contributed by atoms with Crippen molar-refractivity contribution >= 4 is 16.8 Å². The van der Waals surface area contributed by atoms with E-state index in [9.17, 15) is 18.0 Å². The van der Waals surface area contributed by atoms with Gasteiger partial charge < -0.3 is 10.6 Å². The number of hydrogen-bond donors (Lipinski definition) is 1. The molecule has 4 rings (SSSR count). The molecule has 1 atom stereocenters. The molecule has 0 saturated heterocycles. The number of amides is 1. The number of nitrogens with zero attached hydrogens (tertiary/aromatic N) is 2. The minimum Gasteiger partial charge on any atom is -0.340 e. The first-order valence-corrected chi connectivity index (χ1v) is 11.7. The number of carbonyl (C=O) groups is 1. The van der Waals surface area contributed by atoms with Gasteiger partial charge in [-0.25, -0.2) is 13.2 Å². The number of nitrogens with two attached hydrogens (primary N) is 1. The van der Waals surface area contributed by atoms with Gasteiger partial charge in [0.05, 0.1) is 11.1 Å². The third-order valence-electron chi connectivity index (χ3n) is 6.32. The first-order chi connectivity index (χ1) is 17.0. The normalized spacial score (nSPS) is 12.2. The quantitative estimate of drug-likeness (QED) is 0.342. The highest BCUT2D eigenvalue weighted by molar-refractivity contribution is 6.12. The predicted octanol–water partition coefficient (Wildman–Crippen LogP) is 6.35. The lowest BCUT2D eigenvalue weighted by molar-refractivity contribution is 0.0782. The van der Waals surface area contributed by atoms with Crippen LogP contribution in [0, 0.1) is 30.3 Å². The molecular formula is C29H28F3N3O. The topological polar surface area (TPSA) is 59.2 Å². The summed E-state index contributed by atoms with van der Waals surface area (Å²) in [6.45, 7) is 6.05. The van der Waals surface area contributed by atoms with Gasteiger partial charge in [0.25, 0.3) is 5.91 Å². The van der Waals surface area contributed by atoms with Gasteiger partial charge in [0.1, 0.15) is 17.5 Å². The number of carbonyl (C=O) groups excluding carboxylic acids is 1. The average molecular weight is 492 g/mol. The molecule has 1 amide bonds. The van der Waals surface area contributed by atoms with E-state index in [1.807, 2.05) is 13.8 Å². The summed E-state index contributed by atoms with van der Waals surface area (Å²) >= 11 is 0. The number of rotatable bonds is 6. The summed E-state index contributed by atoms with van der Waals surface area (Å²) in [6, 6.07) is 12.7. The van der Waals surface area contributed by atoms with E-state index >= 15 is 0 Å². The predicted molar refractivity (Wildman–Crippen MR) is 137 cm³/mol. The van der Waals surface area contributed by atoms with Crippen molar-refractivity contribution in [2.45, 2.75) is 26.8 Å². The molecule has 36 heavy (non-hydrogen) atoms. The van der Waals surface area contributed by atoms with Gasteiger partial charge in [-0.05, 0) is 71.5 Å². The van der Waals surface area contributed by atoms with Crippen molar-refractivity contribution in [3.8, 4) is 22.3 Å². The molecule has 3 aromatic carbocycles. The molecule has 4 nitrogen and oxygen atoms in total. The highest BCUT2D eigenvalue weighted by atomic mass is 19.1. The van der Waals surface area contributed by atoms with Crippen molar-refractivity contribution in [3.05, 3.63) is 89.4 Å². The van der Waals surface area contributed by atoms with E-state index in [4.69, 9.17) is 5.73 Å². The van der Waals surface area contributed by atoms with E-state index in [0.717, 1.165) is 6.07 Å². The van der Waals surface area contributed by atoms with Gasteiger partial charge >= 0.3 is 0 Å². The lowest BCUT2D eigenvalue weighted by Crippen LogP contribution is -2.41. The highest BCUT2D eigenvalue weighted by Crippen LogP contribution is 2.34. The number of aromatic nitrogens is 1. The number of fused-ring (bicyclic) bond motifs is 1. The van der Waals surface area contributed by atoms with Crippen LogP contribution in [0.15, 0.2) is 60.8 Å². The van der Waals surface area contributed by atoms with Crippen LogP contribution in [0.2, 0.25) is 0 Å². The molecule has 1 heterocycles. The summed E-state index contributed by atoms with van der Waals surface area (Å²) in [7, 11) is 1.67. The van der Waals surface area contributed by atoms with Gasteiger partial charge in [-0.3, -0.25) is 9.78 Å². The molecule has 0 aliphatic heterocycles. The second-order valence-electron chi connectivity index (χ2n) is 9.55. The number of benzene rings is 3. The third-order valence-corrected chi connectivity index (χ3v) is 6.32. The van der Waals surface area contributed by atoms with Gasteiger partial charge in [-0.2, -0.15) is 0 Å². The highest BCUT2D eigenvalue weighted by Gasteiger charge is 2.24. The van der Waals surface area contributed by atoms with Crippen LogP contribution in [-0.2, 0) is 0 Å². The average Bonchev–Trinajstić information content (AvgIpc) is 2.81. The Balaban J connectivity index is 1.96. The maximum atomic E-state index is 14.3. The van der Waals surface area contributed by atoms with Gasteiger partial charge in [0.15, 0.2) is 0 Å². The molecule has 186 valence electrons. The van der Waals surface area contributed by atoms with Crippen LogP contribution in [0.3, 0.4) is 0 Å². The summed E-state index contributed by atoms with van der Waals surface area (Å²) in [5.74, 6) is -1.98. The number of pyridine rings is 1. The first kappa shape index (κ1) is 25.4. The second kappa shape index (κ2) is 10.1. The Labute approximate surface area is 208 Å². The molecule has 4 aromatic rings. The van der Waals surface area contributed by atoms with E-state index in [2.05, 4.69) is 4.98 Å². The SMILES string of the molecule is Cc1cc(F)cc(-c2cnc3ccc(-c4cc(F)cc(F)c4)cc3c2C(=O)N(C)C[C@@H](N)C(C)C)c1.